The molecule has 1 fully saturated rings. The van der Waals surface area contributed by atoms with E-state index in [0.29, 0.717) is 28.9 Å². The Morgan fingerprint density at radius 1 is 1.50 bits per heavy atom. The first-order valence-electron chi connectivity index (χ1n) is 6.53. The van der Waals surface area contributed by atoms with Crippen molar-refractivity contribution >= 4 is 31.6 Å². The lowest BCUT2D eigenvalue weighted by molar-refractivity contribution is 0.0568. The van der Waals surface area contributed by atoms with Crippen LogP contribution in [-0.2, 0) is 14.8 Å². The van der Waals surface area contributed by atoms with E-state index in [1.54, 1.807) is 13.0 Å². The number of nitrogen functional groups attached to an aromatic ring is 1. The van der Waals surface area contributed by atoms with Crippen LogP contribution in [0.15, 0.2) is 21.5 Å². The number of nitrogens with two attached hydrogens (primary N) is 1. The molecule has 0 amide bonds. The SMILES string of the molecule is Cc1cc(Br)c(N)cc1S(=O)(=O)NCC1CCCOC1. The van der Waals surface area contributed by atoms with Crippen LogP contribution >= 0.6 is 15.9 Å². The number of benzene rings is 1. The zero-order valence-electron chi connectivity index (χ0n) is 11.4. The molecular formula is C13H19BrN2O3S. The largest absolute Gasteiger partial charge is 0.398 e. The topological polar surface area (TPSA) is 81.4 Å². The third-order valence-corrected chi connectivity index (χ3v) is 5.65. The van der Waals surface area contributed by atoms with Gasteiger partial charge in [0.25, 0.3) is 0 Å². The van der Waals surface area contributed by atoms with Gasteiger partial charge in [-0.15, -0.1) is 0 Å². The summed E-state index contributed by atoms with van der Waals surface area (Å²) in [6.45, 7) is 3.54. The van der Waals surface area contributed by atoms with Gasteiger partial charge < -0.3 is 10.5 Å². The van der Waals surface area contributed by atoms with Crippen molar-refractivity contribution in [2.75, 3.05) is 25.5 Å². The van der Waals surface area contributed by atoms with Crippen LogP contribution in [0.25, 0.3) is 0 Å². The van der Waals surface area contributed by atoms with Crippen molar-refractivity contribution in [3.05, 3.63) is 22.2 Å². The molecule has 7 heteroatoms. The van der Waals surface area contributed by atoms with Crippen molar-refractivity contribution < 1.29 is 13.2 Å². The molecule has 0 radical (unpaired) electrons. The molecule has 1 aliphatic rings. The molecule has 1 aromatic rings. The van der Waals surface area contributed by atoms with Crippen molar-refractivity contribution in [3.8, 4) is 0 Å². The summed E-state index contributed by atoms with van der Waals surface area (Å²) in [6.07, 6.45) is 1.97. The molecule has 112 valence electrons. The molecule has 2 rings (SSSR count). The fourth-order valence-electron chi connectivity index (χ4n) is 2.23. The average Bonchev–Trinajstić information content (AvgIpc) is 2.42. The van der Waals surface area contributed by atoms with Gasteiger partial charge in [0, 0.05) is 23.3 Å². The number of halogens is 1. The minimum Gasteiger partial charge on any atom is -0.398 e. The van der Waals surface area contributed by atoms with E-state index in [0.717, 1.165) is 19.4 Å². The van der Waals surface area contributed by atoms with E-state index in [9.17, 15) is 8.42 Å². The third kappa shape index (κ3) is 3.72. The number of sulfonamides is 1. The standard InChI is InChI=1S/C13H19BrN2O3S/c1-9-5-11(14)12(15)6-13(9)20(17,18)16-7-10-3-2-4-19-8-10/h5-6,10,16H,2-4,7-8,15H2,1H3. The molecule has 20 heavy (non-hydrogen) atoms. The van der Waals surface area contributed by atoms with Crippen molar-refractivity contribution in [1.29, 1.82) is 0 Å². The molecule has 5 nitrogen and oxygen atoms in total. The van der Waals surface area contributed by atoms with Crippen LogP contribution in [0.1, 0.15) is 18.4 Å². The smallest absolute Gasteiger partial charge is 0.240 e. The van der Waals surface area contributed by atoms with Crippen molar-refractivity contribution in [2.24, 2.45) is 5.92 Å². The lowest BCUT2D eigenvalue weighted by Crippen LogP contribution is -2.33. The molecule has 1 unspecified atom stereocenters. The molecule has 1 aromatic carbocycles. The number of anilines is 1. The highest BCUT2D eigenvalue weighted by molar-refractivity contribution is 9.10. The van der Waals surface area contributed by atoms with Gasteiger partial charge in [-0.3, -0.25) is 0 Å². The Morgan fingerprint density at radius 2 is 2.25 bits per heavy atom. The minimum atomic E-state index is -3.54. The Bertz CT molecular complexity index is 584. The molecule has 0 bridgehead atoms. The van der Waals surface area contributed by atoms with Gasteiger partial charge in [-0.05, 0) is 59.3 Å². The first-order valence-corrected chi connectivity index (χ1v) is 8.81. The molecule has 1 saturated heterocycles. The lowest BCUT2D eigenvalue weighted by atomic mass is 10.0. The molecule has 0 aromatic heterocycles. The molecule has 1 heterocycles. The summed E-state index contributed by atoms with van der Waals surface area (Å²) in [6, 6.07) is 3.20. The van der Waals surface area contributed by atoms with Gasteiger partial charge in [0.1, 0.15) is 0 Å². The fraction of sp³-hybridized carbons (Fsp3) is 0.538. The van der Waals surface area contributed by atoms with Crippen LogP contribution < -0.4 is 10.5 Å². The van der Waals surface area contributed by atoms with Crippen molar-refractivity contribution in [2.45, 2.75) is 24.7 Å². The molecule has 1 atom stereocenters. The van der Waals surface area contributed by atoms with Gasteiger partial charge in [-0.2, -0.15) is 0 Å². The van der Waals surface area contributed by atoms with Gasteiger partial charge in [-0.1, -0.05) is 0 Å². The molecular weight excluding hydrogens is 344 g/mol. The third-order valence-electron chi connectivity index (χ3n) is 3.40. The first kappa shape index (κ1) is 15.8. The highest BCUT2D eigenvalue weighted by Gasteiger charge is 2.21. The second-order valence-electron chi connectivity index (χ2n) is 5.07. The fourth-order valence-corrected chi connectivity index (χ4v) is 4.07. The minimum absolute atomic E-state index is 0.231. The predicted octanol–water partition coefficient (Wildman–Crippen LogP) is 2.04. The van der Waals surface area contributed by atoms with E-state index in [1.807, 2.05) is 0 Å². The second kappa shape index (κ2) is 6.43. The number of hydrogen-bond donors (Lipinski definition) is 2. The lowest BCUT2D eigenvalue weighted by Gasteiger charge is -2.22. The van der Waals surface area contributed by atoms with Gasteiger partial charge in [0.15, 0.2) is 0 Å². The number of rotatable bonds is 4. The first-order chi connectivity index (χ1) is 9.40. The summed E-state index contributed by atoms with van der Waals surface area (Å²) in [5, 5.41) is 0. The highest BCUT2D eigenvalue weighted by atomic mass is 79.9. The summed E-state index contributed by atoms with van der Waals surface area (Å²) < 4.78 is 33.4. The maximum Gasteiger partial charge on any atom is 0.240 e. The van der Waals surface area contributed by atoms with E-state index in [4.69, 9.17) is 10.5 Å². The molecule has 0 aliphatic carbocycles. The molecule has 3 N–H and O–H groups in total. The van der Waals surface area contributed by atoms with Gasteiger partial charge in [0.05, 0.1) is 11.5 Å². The second-order valence-corrected chi connectivity index (χ2v) is 7.66. The Balaban J connectivity index is 2.11. The van der Waals surface area contributed by atoms with Crippen molar-refractivity contribution in [1.82, 2.24) is 4.72 Å². The van der Waals surface area contributed by atoms with E-state index in [1.165, 1.54) is 6.07 Å². The Morgan fingerprint density at radius 3 is 2.90 bits per heavy atom. The summed E-state index contributed by atoms with van der Waals surface area (Å²) in [4.78, 5) is 0.231. The molecule has 0 spiro atoms. The average molecular weight is 363 g/mol. The maximum atomic E-state index is 12.3. The summed E-state index contributed by atoms with van der Waals surface area (Å²) in [5.41, 5.74) is 6.85. The number of hydrogen-bond acceptors (Lipinski definition) is 4. The number of aryl methyl sites for hydroxylation is 1. The Kier molecular flexibility index (Phi) is 5.06. The maximum absolute atomic E-state index is 12.3. The summed E-state index contributed by atoms with van der Waals surface area (Å²) in [7, 11) is -3.54. The van der Waals surface area contributed by atoms with E-state index in [-0.39, 0.29) is 10.8 Å². The zero-order chi connectivity index (χ0) is 14.8. The van der Waals surface area contributed by atoms with E-state index >= 15 is 0 Å². The van der Waals surface area contributed by atoms with E-state index < -0.39 is 10.0 Å². The number of ether oxygens (including phenoxy) is 1. The van der Waals surface area contributed by atoms with Crippen molar-refractivity contribution in [3.63, 3.8) is 0 Å². The number of nitrogens with one attached hydrogen (secondary N) is 1. The Hall–Kier alpha value is -0.630. The normalized spacial score (nSPS) is 20.0. The summed E-state index contributed by atoms with van der Waals surface area (Å²) in [5.74, 6) is 0.242. The van der Waals surface area contributed by atoms with Gasteiger partial charge >= 0.3 is 0 Å². The van der Waals surface area contributed by atoms with Crippen LogP contribution in [0.5, 0.6) is 0 Å². The van der Waals surface area contributed by atoms with Crippen LogP contribution in [0.2, 0.25) is 0 Å². The van der Waals surface area contributed by atoms with Crippen LogP contribution in [0, 0.1) is 12.8 Å². The van der Waals surface area contributed by atoms with Crippen LogP contribution in [0.3, 0.4) is 0 Å². The molecule has 1 aliphatic heterocycles. The van der Waals surface area contributed by atoms with Crippen LogP contribution in [0.4, 0.5) is 5.69 Å². The predicted molar refractivity (Wildman–Crippen MR) is 82.0 cm³/mol. The quantitative estimate of drug-likeness (QED) is 0.803. The van der Waals surface area contributed by atoms with Crippen LogP contribution in [-0.4, -0.2) is 28.2 Å². The summed E-state index contributed by atoms with van der Waals surface area (Å²) >= 11 is 3.29. The molecule has 0 saturated carbocycles. The van der Waals surface area contributed by atoms with Gasteiger partial charge in [0.2, 0.25) is 10.0 Å². The zero-order valence-corrected chi connectivity index (χ0v) is 13.8. The van der Waals surface area contributed by atoms with Gasteiger partial charge in [-0.25, -0.2) is 13.1 Å². The Labute approximate surface area is 128 Å². The highest BCUT2D eigenvalue weighted by Crippen LogP contribution is 2.26. The van der Waals surface area contributed by atoms with E-state index in [2.05, 4.69) is 20.7 Å². The monoisotopic (exact) mass is 362 g/mol.